The van der Waals surface area contributed by atoms with Gasteiger partial charge in [-0.25, -0.2) is 8.42 Å². The molecule has 29 heteroatoms. The van der Waals surface area contributed by atoms with Crippen molar-refractivity contribution in [3.05, 3.63) is 100 Å². The van der Waals surface area contributed by atoms with E-state index < -0.39 is 51.8 Å². The van der Waals surface area contributed by atoms with Crippen LogP contribution >= 0.6 is 11.6 Å². The minimum atomic E-state index is -3.92. The Morgan fingerprint density at radius 2 is 1.48 bits per heavy atom. The lowest BCUT2D eigenvalue weighted by molar-refractivity contribution is -0.287. The Morgan fingerprint density at radius 1 is 0.793 bits per heavy atom. The molecule has 2 aromatic heterocycles. The van der Waals surface area contributed by atoms with Crippen LogP contribution in [0.2, 0.25) is 5.02 Å². The average molecular weight is 1180 g/mol. The molecule has 4 aliphatic rings. The number of anilines is 4. The van der Waals surface area contributed by atoms with Gasteiger partial charge in [0.15, 0.2) is 21.3 Å². The number of pyridine rings is 1. The Kier molecular flexibility index (Phi) is 19.6. The number of para-hydroxylation sites is 1. The molecular formula is C53H59ClF2N10O15S. The smallest absolute Gasteiger partial charge is 0.490 e. The number of rotatable bonds is 29. The Bertz CT molecular complexity index is 3240. The SMILES string of the molecule is COc1nc(Nc2cc(S(C)(=O)=O)ccc2N[C@@H](c2cccc3c2OC(F)(F)O3)c2ncccc2Cl)nc(N2CCN(CCOCCOCCOCCOCCOCCOc3cccc4c3C(=O)N(C3CCC(=O)NC3=O)C4=O)CC2)n1. The van der Waals surface area contributed by atoms with Crippen LogP contribution in [0, 0.1) is 0 Å². The molecule has 0 spiro atoms. The molecule has 4 amide bonds. The number of piperidine rings is 1. The van der Waals surface area contributed by atoms with E-state index in [9.17, 15) is 36.4 Å². The second-order valence-electron chi connectivity index (χ2n) is 18.7. The molecule has 0 aliphatic carbocycles. The minimum Gasteiger partial charge on any atom is -0.490 e. The number of carbonyl (C=O) groups is 4. The number of hydrogen-bond acceptors (Lipinski definition) is 23. The maximum atomic E-state index is 14.4. The van der Waals surface area contributed by atoms with Crippen molar-refractivity contribution in [2.24, 2.45) is 0 Å². The molecule has 2 fully saturated rings. The Morgan fingerprint density at radius 3 is 2.15 bits per heavy atom. The second-order valence-corrected chi connectivity index (χ2v) is 21.1. The highest BCUT2D eigenvalue weighted by molar-refractivity contribution is 7.90. The van der Waals surface area contributed by atoms with Crippen molar-refractivity contribution in [3.8, 4) is 23.3 Å². The van der Waals surface area contributed by atoms with E-state index >= 15 is 0 Å². The molecule has 4 aliphatic heterocycles. The van der Waals surface area contributed by atoms with Gasteiger partial charge < -0.3 is 58.2 Å². The number of hydrogen-bond donors (Lipinski definition) is 3. The lowest BCUT2D eigenvalue weighted by atomic mass is 10.0. The molecule has 3 N–H and O–H groups in total. The summed E-state index contributed by atoms with van der Waals surface area (Å²) >= 11 is 6.64. The normalized spacial score (nSPS) is 17.2. The molecular weight excluding hydrogens is 1120 g/mol. The summed E-state index contributed by atoms with van der Waals surface area (Å²) in [5.41, 5.74) is 1.16. The maximum Gasteiger partial charge on any atom is 0.586 e. The second kappa shape index (κ2) is 27.1. The van der Waals surface area contributed by atoms with E-state index in [-0.39, 0.29) is 93.3 Å². The number of amides is 4. The fourth-order valence-corrected chi connectivity index (χ4v) is 10.1. The third-order valence-corrected chi connectivity index (χ3v) is 14.6. The summed E-state index contributed by atoms with van der Waals surface area (Å²) in [6, 6.07) is 14.5. The highest BCUT2D eigenvalue weighted by atomic mass is 35.5. The highest BCUT2D eigenvalue weighted by Crippen LogP contribution is 2.48. The largest absolute Gasteiger partial charge is 0.586 e. The van der Waals surface area contributed by atoms with Gasteiger partial charge in [-0.2, -0.15) is 15.0 Å². The minimum absolute atomic E-state index is 0.00342. The van der Waals surface area contributed by atoms with Gasteiger partial charge in [0.1, 0.15) is 18.4 Å². The van der Waals surface area contributed by atoms with Crippen LogP contribution in [0.15, 0.2) is 77.8 Å². The molecule has 3 aromatic carbocycles. The fourth-order valence-electron chi connectivity index (χ4n) is 9.18. The number of nitrogens with zero attached hydrogens (tertiary/aromatic N) is 7. The van der Waals surface area contributed by atoms with Gasteiger partial charge in [-0.3, -0.25) is 39.3 Å². The lowest BCUT2D eigenvalue weighted by Crippen LogP contribution is -2.54. The number of imide groups is 2. The van der Waals surface area contributed by atoms with E-state index in [2.05, 4.69) is 40.8 Å². The Labute approximate surface area is 474 Å². The monoisotopic (exact) mass is 1180 g/mol. The predicted octanol–water partition coefficient (Wildman–Crippen LogP) is 4.28. The van der Waals surface area contributed by atoms with Gasteiger partial charge in [0.25, 0.3) is 11.8 Å². The van der Waals surface area contributed by atoms with Crippen LogP contribution in [0.3, 0.4) is 0 Å². The van der Waals surface area contributed by atoms with Gasteiger partial charge in [-0.1, -0.05) is 29.8 Å². The number of carbonyl (C=O) groups excluding carboxylic acids is 4. The van der Waals surface area contributed by atoms with Gasteiger partial charge in [0.2, 0.25) is 23.7 Å². The van der Waals surface area contributed by atoms with Crippen LogP contribution < -0.4 is 39.8 Å². The zero-order chi connectivity index (χ0) is 57.8. The number of fused-ring (bicyclic) bond motifs is 2. The van der Waals surface area contributed by atoms with Gasteiger partial charge in [-0.15, -0.1) is 8.78 Å². The standard InChI is InChI=1S/C53H59ClF2N10O15S/c1-73-52-62-50(59-38-32-33(82(2,71)72)11-12-37(38)58-44(45-36(54)8-5-15-57-45)35-7-4-10-41-46(35)81-53(55,56)80-41)61-51(63-52)65-18-16-64(17-19-65)20-21-74-22-23-75-24-25-76-26-27-77-28-29-78-30-31-79-40-9-3-6-34-43(40)49(70)66(48(34)69)39-13-14-42(67)60-47(39)68/h3-12,15,32,39,44,58H,13-14,16-31H2,1-2H3,(H,60,67,68)(H,59,61,62,63)/t39?,44-/m0/s1. The number of piperazine rings is 1. The first kappa shape index (κ1) is 59.2. The summed E-state index contributed by atoms with van der Waals surface area (Å²) in [7, 11) is -2.32. The molecule has 2 saturated heterocycles. The topological polar surface area (TPSA) is 283 Å². The molecule has 1 unspecified atom stereocenters. The van der Waals surface area contributed by atoms with Crippen LogP contribution in [0.25, 0.3) is 0 Å². The Balaban J connectivity index is 0.652. The van der Waals surface area contributed by atoms with Crippen LogP contribution in [-0.4, -0.2) is 193 Å². The average Bonchev–Trinajstić information content (AvgIpc) is 3.25. The van der Waals surface area contributed by atoms with Gasteiger partial charge in [-0.05, 0) is 55.0 Å². The number of benzene rings is 3. The molecule has 438 valence electrons. The van der Waals surface area contributed by atoms with E-state index in [1.54, 1.807) is 30.3 Å². The summed E-state index contributed by atoms with van der Waals surface area (Å²) in [5, 5.41) is 8.81. The molecule has 2 atom stereocenters. The highest BCUT2D eigenvalue weighted by Gasteiger charge is 2.47. The summed E-state index contributed by atoms with van der Waals surface area (Å²) in [6.07, 6.45) is -1.27. The van der Waals surface area contributed by atoms with Crippen molar-refractivity contribution in [1.29, 1.82) is 0 Å². The van der Waals surface area contributed by atoms with Crippen molar-refractivity contribution in [2.75, 3.05) is 134 Å². The number of alkyl halides is 2. The number of nitrogens with one attached hydrogen (secondary N) is 3. The third kappa shape index (κ3) is 14.8. The zero-order valence-electron chi connectivity index (χ0n) is 44.6. The first-order chi connectivity index (χ1) is 39.6. The molecule has 0 saturated carbocycles. The first-order valence-electron chi connectivity index (χ1n) is 26.1. The van der Waals surface area contributed by atoms with Crippen LogP contribution in [0.4, 0.5) is 32.1 Å². The number of ether oxygens (including phenoxy) is 9. The van der Waals surface area contributed by atoms with E-state index in [0.29, 0.717) is 104 Å². The van der Waals surface area contributed by atoms with Crippen molar-refractivity contribution < 1.29 is 79.0 Å². The number of sulfone groups is 1. The number of aromatic nitrogens is 4. The van der Waals surface area contributed by atoms with E-state index in [1.807, 2.05) is 4.90 Å². The molecule has 0 bridgehead atoms. The summed E-state index contributed by atoms with van der Waals surface area (Å²) in [4.78, 5) is 73.3. The lowest BCUT2D eigenvalue weighted by Gasteiger charge is -2.34. The Hall–Kier alpha value is -7.44. The van der Waals surface area contributed by atoms with Gasteiger partial charge >= 0.3 is 12.3 Å². The molecule has 9 rings (SSSR count). The van der Waals surface area contributed by atoms with Crippen LogP contribution in [0.1, 0.15) is 50.9 Å². The van der Waals surface area contributed by atoms with Crippen molar-refractivity contribution >= 4 is 68.3 Å². The van der Waals surface area contributed by atoms with Crippen LogP contribution in [0.5, 0.6) is 23.3 Å². The molecule has 5 aromatic rings. The quantitative estimate of drug-likeness (QED) is 0.0445. The van der Waals surface area contributed by atoms with Crippen molar-refractivity contribution in [1.82, 2.24) is 35.1 Å². The van der Waals surface area contributed by atoms with E-state index in [1.165, 1.54) is 49.7 Å². The van der Waals surface area contributed by atoms with Crippen LogP contribution in [-0.2, 0) is 43.1 Å². The molecule has 25 nitrogen and oxygen atoms in total. The first-order valence-corrected chi connectivity index (χ1v) is 28.3. The molecule has 6 heterocycles. The number of methoxy groups -OCH3 is 1. The molecule has 0 radical (unpaired) electrons. The zero-order valence-corrected chi connectivity index (χ0v) is 46.2. The van der Waals surface area contributed by atoms with Crippen molar-refractivity contribution in [3.63, 3.8) is 0 Å². The van der Waals surface area contributed by atoms with Gasteiger partial charge in [0.05, 0.1) is 117 Å². The summed E-state index contributed by atoms with van der Waals surface area (Å²) < 4.78 is 104. The summed E-state index contributed by atoms with van der Waals surface area (Å²) in [6.45, 7) is 6.82. The predicted molar refractivity (Wildman–Crippen MR) is 288 cm³/mol. The molecule has 82 heavy (non-hydrogen) atoms. The van der Waals surface area contributed by atoms with E-state index in [0.717, 1.165) is 11.2 Å². The fraction of sp³-hybridized carbons (Fsp3) is 0.434. The van der Waals surface area contributed by atoms with Gasteiger partial charge in [0, 0.05) is 57.2 Å². The maximum absolute atomic E-state index is 14.4. The van der Waals surface area contributed by atoms with E-state index in [4.69, 9.17) is 54.2 Å². The van der Waals surface area contributed by atoms with Crippen molar-refractivity contribution in [2.45, 2.75) is 36.1 Å². The summed E-state index contributed by atoms with van der Waals surface area (Å²) in [5.74, 6) is -2.27. The number of halogens is 3. The third-order valence-electron chi connectivity index (χ3n) is 13.2.